The average molecular weight is 381 g/mol. The van der Waals surface area contributed by atoms with Gasteiger partial charge in [0, 0.05) is 23.2 Å². The number of fused-ring (bicyclic) bond motifs is 1. The fourth-order valence-corrected chi connectivity index (χ4v) is 3.71. The number of nitrogens with one attached hydrogen (secondary N) is 1. The maximum Gasteiger partial charge on any atom is 0.262 e. The smallest absolute Gasteiger partial charge is 0.262 e. The number of rotatable bonds is 4. The summed E-state index contributed by atoms with van der Waals surface area (Å²) in [6.07, 6.45) is 3.90. The molecule has 3 heterocycles. The van der Waals surface area contributed by atoms with Gasteiger partial charge in [0.2, 0.25) is 0 Å². The van der Waals surface area contributed by atoms with Crippen molar-refractivity contribution < 1.29 is 9.18 Å². The minimum atomic E-state index is -0.301. The monoisotopic (exact) mass is 381 g/mol. The summed E-state index contributed by atoms with van der Waals surface area (Å²) in [5, 5.41) is 7.50. The number of hydrogen-bond acceptors (Lipinski definition) is 5. The number of benzene rings is 1. The lowest BCUT2D eigenvalue weighted by Gasteiger charge is -2.00. The highest BCUT2D eigenvalue weighted by molar-refractivity contribution is 7.15. The second kappa shape index (κ2) is 6.88. The first kappa shape index (κ1) is 17.3. The summed E-state index contributed by atoms with van der Waals surface area (Å²) in [4.78, 5) is 22.5. The molecule has 8 heteroatoms. The van der Waals surface area contributed by atoms with Gasteiger partial charge in [0.1, 0.15) is 11.4 Å². The molecule has 3 aromatic heterocycles. The summed E-state index contributed by atoms with van der Waals surface area (Å²) in [5.74, 6) is -0.560. The second-order valence-corrected chi connectivity index (χ2v) is 7.26. The maximum absolute atomic E-state index is 13.1. The van der Waals surface area contributed by atoms with Crippen LogP contribution in [-0.4, -0.2) is 25.5 Å². The SMILES string of the molecule is Cc1ccn2ncc(C(=O)Nc3nc(C)c(Cc4ccc(F)cc4)s3)c2n1. The van der Waals surface area contributed by atoms with Crippen molar-refractivity contribution in [3.8, 4) is 0 Å². The lowest BCUT2D eigenvalue weighted by Crippen LogP contribution is -2.12. The Balaban J connectivity index is 1.55. The van der Waals surface area contributed by atoms with E-state index in [2.05, 4.69) is 20.4 Å². The van der Waals surface area contributed by atoms with Crippen molar-refractivity contribution >= 4 is 28.0 Å². The zero-order valence-electron chi connectivity index (χ0n) is 14.7. The van der Waals surface area contributed by atoms with Gasteiger partial charge in [-0.25, -0.2) is 18.9 Å². The van der Waals surface area contributed by atoms with Crippen molar-refractivity contribution in [3.05, 3.63) is 75.9 Å². The summed E-state index contributed by atoms with van der Waals surface area (Å²) in [7, 11) is 0. The van der Waals surface area contributed by atoms with E-state index in [0.29, 0.717) is 22.8 Å². The molecule has 1 N–H and O–H groups in total. The van der Waals surface area contributed by atoms with Crippen LogP contribution in [0.1, 0.15) is 32.2 Å². The van der Waals surface area contributed by atoms with E-state index in [1.807, 2.05) is 19.9 Å². The first-order chi connectivity index (χ1) is 13.0. The van der Waals surface area contributed by atoms with Gasteiger partial charge in [-0.15, -0.1) is 11.3 Å². The summed E-state index contributed by atoms with van der Waals surface area (Å²) in [6, 6.07) is 8.20. The highest BCUT2D eigenvalue weighted by Crippen LogP contribution is 2.26. The molecule has 0 spiro atoms. The normalized spacial score (nSPS) is 11.1. The molecule has 0 aliphatic rings. The number of aromatic nitrogens is 4. The lowest BCUT2D eigenvalue weighted by molar-refractivity contribution is 0.102. The predicted octanol–water partition coefficient (Wildman–Crippen LogP) is 3.78. The van der Waals surface area contributed by atoms with Gasteiger partial charge in [-0.1, -0.05) is 12.1 Å². The minimum Gasteiger partial charge on any atom is -0.298 e. The molecule has 0 fully saturated rings. The Morgan fingerprint density at radius 3 is 2.74 bits per heavy atom. The van der Waals surface area contributed by atoms with Crippen LogP contribution in [0.15, 0.2) is 42.7 Å². The highest BCUT2D eigenvalue weighted by atomic mass is 32.1. The Hall–Kier alpha value is -3.13. The maximum atomic E-state index is 13.1. The molecule has 0 radical (unpaired) electrons. The van der Waals surface area contributed by atoms with Crippen molar-refractivity contribution in [2.75, 3.05) is 5.32 Å². The van der Waals surface area contributed by atoms with Gasteiger partial charge < -0.3 is 0 Å². The molecule has 4 aromatic rings. The van der Waals surface area contributed by atoms with E-state index in [-0.39, 0.29) is 11.7 Å². The van der Waals surface area contributed by atoms with Gasteiger partial charge in [0.25, 0.3) is 5.91 Å². The van der Waals surface area contributed by atoms with Gasteiger partial charge in [0.05, 0.1) is 11.9 Å². The predicted molar refractivity (Wildman–Crippen MR) is 102 cm³/mol. The Kier molecular flexibility index (Phi) is 4.41. The van der Waals surface area contributed by atoms with Gasteiger partial charge in [-0.2, -0.15) is 5.10 Å². The van der Waals surface area contributed by atoms with Gasteiger partial charge >= 0.3 is 0 Å². The number of aryl methyl sites for hydroxylation is 2. The molecule has 1 aromatic carbocycles. The number of hydrogen-bond donors (Lipinski definition) is 1. The Morgan fingerprint density at radius 2 is 1.96 bits per heavy atom. The number of nitrogens with zero attached hydrogens (tertiary/aromatic N) is 4. The molecule has 0 atom stereocenters. The zero-order valence-corrected chi connectivity index (χ0v) is 15.5. The highest BCUT2D eigenvalue weighted by Gasteiger charge is 2.17. The van der Waals surface area contributed by atoms with Crippen LogP contribution in [-0.2, 0) is 6.42 Å². The number of anilines is 1. The fraction of sp³-hybridized carbons (Fsp3) is 0.158. The number of thiazole rings is 1. The van der Waals surface area contributed by atoms with E-state index >= 15 is 0 Å². The molecule has 6 nitrogen and oxygen atoms in total. The van der Waals surface area contributed by atoms with Crippen LogP contribution in [0.4, 0.5) is 9.52 Å². The molecule has 1 amide bonds. The van der Waals surface area contributed by atoms with E-state index in [9.17, 15) is 9.18 Å². The molecular formula is C19H16FN5OS. The standard InChI is InChI=1S/C19H16FN5OS/c1-11-7-8-25-17(22-11)15(10-21-25)18(26)24-19-23-12(2)16(27-19)9-13-3-5-14(20)6-4-13/h3-8,10H,9H2,1-2H3,(H,23,24,26). The first-order valence-corrected chi connectivity index (χ1v) is 9.14. The molecule has 0 saturated heterocycles. The fourth-order valence-electron chi connectivity index (χ4n) is 2.72. The summed E-state index contributed by atoms with van der Waals surface area (Å²) < 4.78 is 14.6. The van der Waals surface area contributed by atoms with E-state index in [1.54, 1.807) is 22.8 Å². The van der Waals surface area contributed by atoms with Crippen molar-refractivity contribution in [1.82, 2.24) is 19.6 Å². The van der Waals surface area contributed by atoms with Crippen molar-refractivity contribution in [2.45, 2.75) is 20.3 Å². The largest absolute Gasteiger partial charge is 0.298 e. The Labute approximate surface area is 158 Å². The second-order valence-electron chi connectivity index (χ2n) is 6.18. The zero-order chi connectivity index (χ0) is 19.0. The third-order valence-electron chi connectivity index (χ3n) is 4.14. The van der Waals surface area contributed by atoms with E-state index < -0.39 is 0 Å². The molecule has 27 heavy (non-hydrogen) atoms. The number of carbonyl (C=O) groups excluding carboxylic acids is 1. The number of halogens is 1. The lowest BCUT2D eigenvalue weighted by atomic mass is 10.1. The van der Waals surface area contributed by atoms with Crippen molar-refractivity contribution in [2.24, 2.45) is 0 Å². The molecule has 0 saturated carbocycles. The topological polar surface area (TPSA) is 72.2 Å². The number of amides is 1. The molecule has 136 valence electrons. The van der Waals surface area contributed by atoms with Crippen LogP contribution in [0.5, 0.6) is 0 Å². The van der Waals surface area contributed by atoms with Crippen LogP contribution >= 0.6 is 11.3 Å². The van der Waals surface area contributed by atoms with Gasteiger partial charge in [-0.3, -0.25) is 10.1 Å². The van der Waals surface area contributed by atoms with Crippen LogP contribution in [0.2, 0.25) is 0 Å². The van der Waals surface area contributed by atoms with Crippen LogP contribution in [0.3, 0.4) is 0 Å². The van der Waals surface area contributed by atoms with E-state index in [1.165, 1.54) is 29.7 Å². The molecule has 0 aliphatic carbocycles. The van der Waals surface area contributed by atoms with Gasteiger partial charge in [0.15, 0.2) is 10.8 Å². The molecule has 0 bridgehead atoms. The van der Waals surface area contributed by atoms with Crippen LogP contribution in [0.25, 0.3) is 5.65 Å². The third-order valence-corrected chi connectivity index (χ3v) is 5.22. The van der Waals surface area contributed by atoms with Crippen LogP contribution in [0, 0.1) is 19.7 Å². The summed E-state index contributed by atoms with van der Waals surface area (Å²) in [6.45, 7) is 3.76. The molecular weight excluding hydrogens is 365 g/mol. The minimum absolute atomic E-state index is 0.259. The Bertz CT molecular complexity index is 1130. The van der Waals surface area contributed by atoms with Gasteiger partial charge in [-0.05, 0) is 37.6 Å². The molecule has 0 unspecified atom stereocenters. The van der Waals surface area contributed by atoms with E-state index in [4.69, 9.17) is 0 Å². The van der Waals surface area contributed by atoms with Crippen molar-refractivity contribution in [1.29, 1.82) is 0 Å². The third kappa shape index (κ3) is 3.56. The first-order valence-electron chi connectivity index (χ1n) is 8.32. The number of carbonyl (C=O) groups is 1. The van der Waals surface area contributed by atoms with E-state index in [0.717, 1.165) is 21.8 Å². The summed E-state index contributed by atoms with van der Waals surface area (Å²) >= 11 is 1.41. The Morgan fingerprint density at radius 1 is 1.19 bits per heavy atom. The average Bonchev–Trinajstić information content (AvgIpc) is 3.20. The summed E-state index contributed by atoms with van der Waals surface area (Å²) in [5.41, 5.74) is 3.54. The molecule has 4 rings (SSSR count). The molecule has 0 aliphatic heterocycles. The quantitative estimate of drug-likeness (QED) is 0.584. The van der Waals surface area contributed by atoms with Crippen LogP contribution < -0.4 is 5.32 Å². The van der Waals surface area contributed by atoms with Crippen molar-refractivity contribution in [3.63, 3.8) is 0 Å².